The molecule has 0 amide bonds. The predicted octanol–water partition coefficient (Wildman–Crippen LogP) is 5.95. The van der Waals surface area contributed by atoms with Crippen molar-refractivity contribution < 1.29 is 0 Å². The Morgan fingerprint density at radius 1 is 1.23 bits per heavy atom. The van der Waals surface area contributed by atoms with Crippen LogP contribution in [0.25, 0.3) is 6.08 Å². The summed E-state index contributed by atoms with van der Waals surface area (Å²) >= 11 is 0. The molecule has 3 heteroatoms. The summed E-state index contributed by atoms with van der Waals surface area (Å²) in [7, 11) is 0. The number of hydrogen-bond acceptors (Lipinski definition) is 2. The number of rotatable bonds is 4. The van der Waals surface area contributed by atoms with E-state index in [0.717, 1.165) is 24.1 Å². The van der Waals surface area contributed by atoms with Gasteiger partial charge in [0.15, 0.2) is 0 Å². The zero-order valence-electron chi connectivity index (χ0n) is 18.3. The SMILES string of the molecule is C/C=C1\[C@H]2C=C(C)C[C@]1(N=C/C=C/c1cccc(C(C)C)c1)c1ccc(=O)[nH]c1C2. The van der Waals surface area contributed by atoms with Gasteiger partial charge in [-0.2, -0.15) is 0 Å². The number of fused-ring (bicyclic) bond motifs is 4. The molecule has 0 unspecified atom stereocenters. The summed E-state index contributed by atoms with van der Waals surface area (Å²) < 4.78 is 0. The summed E-state index contributed by atoms with van der Waals surface area (Å²) in [6.45, 7) is 8.71. The zero-order chi connectivity index (χ0) is 21.3. The number of aromatic amines is 1. The standard InChI is InChI=1S/C27H30N2O/c1-5-23-22-14-19(4)17-27(23,24-11-12-26(30)29-25(24)16-22)28-13-7-9-20-8-6-10-21(15-20)18(2)3/h5-15,18,22H,16-17H2,1-4H3,(H,29,30)/b9-7+,23-5+,28-13?/t22-,27+/m0/s1. The Morgan fingerprint density at radius 2 is 2.07 bits per heavy atom. The summed E-state index contributed by atoms with van der Waals surface area (Å²) in [6.07, 6.45) is 12.3. The van der Waals surface area contributed by atoms with E-state index < -0.39 is 5.54 Å². The molecule has 0 radical (unpaired) electrons. The van der Waals surface area contributed by atoms with Gasteiger partial charge in [0.1, 0.15) is 5.54 Å². The van der Waals surface area contributed by atoms with Crippen molar-refractivity contribution in [2.24, 2.45) is 10.9 Å². The van der Waals surface area contributed by atoms with Crippen molar-refractivity contribution in [2.75, 3.05) is 0 Å². The highest BCUT2D eigenvalue weighted by atomic mass is 16.1. The molecular weight excluding hydrogens is 368 g/mol. The molecular formula is C27H30N2O. The van der Waals surface area contributed by atoms with Crippen molar-refractivity contribution in [1.29, 1.82) is 0 Å². The molecule has 154 valence electrons. The number of H-pyrrole nitrogens is 1. The van der Waals surface area contributed by atoms with E-state index in [2.05, 4.69) is 75.2 Å². The molecule has 0 spiro atoms. The van der Waals surface area contributed by atoms with Crippen molar-refractivity contribution in [2.45, 2.75) is 52.0 Å². The Morgan fingerprint density at radius 3 is 2.83 bits per heavy atom. The van der Waals surface area contributed by atoms with Crippen LogP contribution >= 0.6 is 0 Å². The van der Waals surface area contributed by atoms with Gasteiger partial charge < -0.3 is 4.98 Å². The number of nitrogens with zero attached hydrogens (tertiary/aromatic N) is 1. The number of benzene rings is 1. The molecule has 2 aliphatic carbocycles. The van der Waals surface area contributed by atoms with E-state index in [1.165, 1.54) is 22.3 Å². The Hall–Kier alpha value is -2.94. The lowest BCUT2D eigenvalue weighted by Crippen LogP contribution is -2.40. The summed E-state index contributed by atoms with van der Waals surface area (Å²) in [4.78, 5) is 20.1. The number of allylic oxidation sites excluding steroid dienone is 3. The minimum Gasteiger partial charge on any atom is -0.326 e. The van der Waals surface area contributed by atoms with Gasteiger partial charge in [-0.25, -0.2) is 0 Å². The third-order valence-electron chi connectivity index (χ3n) is 6.33. The maximum atomic E-state index is 11.9. The fourth-order valence-electron chi connectivity index (χ4n) is 5.00. The van der Waals surface area contributed by atoms with Gasteiger partial charge in [-0.3, -0.25) is 9.79 Å². The van der Waals surface area contributed by atoms with E-state index in [-0.39, 0.29) is 11.5 Å². The number of pyridine rings is 1. The Balaban J connectivity index is 1.73. The maximum absolute atomic E-state index is 11.9. The quantitative estimate of drug-likeness (QED) is 0.502. The molecule has 2 atom stereocenters. The van der Waals surface area contributed by atoms with Gasteiger partial charge in [0.05, 0.1) is 0 Å². The molecule has 2 aromatic rings. The van der Waals surface area contributed by atoms with Crippen molar-refractivity contribution in [1.82, 2.24) is 4.98 Å². The third-order valence-corrected chi connectivity index (χ3v) is 6.33. The number of nitrogens with one attached hydrogen (secondary N) is 1. The molecule has 0 aliphatic heterocycles. The first-order chi connectivity index (χ1) is 14.4. The number of aromatic nitrogens is 1. The van der Waals surface area contributed by atoms with Gasteiger partial charge in [-0.1, -0.05) is 61.9 Å². The summed E-state index contributed by atoms with van der Waals surface area (Å²) in [5.41, 5.74) is 6.89. The topological polar surface area (TPSA) is 45.2 Å². The van der Waals surface area contributed by atoms with Crippen LogP contribution in [0.15, 0.2) is 75.6 Å². The Bertz CT molecular complexity index is 1130. The first-order valence-corrected chi connectivity index (χ1v) is 10.8. The third kappa shape index (κ3) is 3.65. The highest BCUT2D eigenvalue weighted by Crippen LogP contribution is 2.51. The average Bonchev–Trinajstić information content (AvgIpc) is 2.70. The molecule has 1 aromatic heterocycles. The van der Waals surface area contributed by atoms with Crippen LogP contribution in [0.4, 0.5) is 0 Å². The largest absolute Gasteiger partial charge is 0.326 e. The predicted molar refractivity (Wildman–Crippen MR) is 126 cm³/mol. The van der Waals surface area contributed by atoms with Gasteiger partial charge in [0.25, 0.3) is 0 Å². The number of hydrogen-bond donors (Lipinski definition) is 1. The smallest absolute Gasteiger partial charge is 0.248 e. The molecule has 0 saturated heterocycles. The minimum absolute atomic E-state index is 0.0412. The van der Waals surface area contributed by atoms with E-state index in [4.69, 9.17) is 4.99 Å². The van der Waals surface area contributed by atoms with Gasteiger partial charge in [0.2, 0.25) is 5.56 Å². The molecule has 0 saturated carbocycles. The lowest BCUT2D eigenvalue weighted by Gasteiger charge is -2.45. The van der Waals surface area contributed by atoms with Crippen LogP contribution in [0.3, 0.4) is 0 Å². The lowest BCUT2D eigenvalue weighted by molar-refractivity contribution is 0.413. The van der Waals surface area contributed by atoms with Gasteiger partial charge in [-0.15, -0.1) is 0 Å². The molecule has 4 rings (SSSR count). The van der Waals surface area contributed by atoms with Crippen LogP contribution in [0.1, 0.15) is 62.4 Å². The molecule has 1 aromatic carbocycles. The van der Waals surface area contributed by atoms with E-state index in [9.17, 15) is 4.79 Å². The number of aliphatic imine (C=N–C) groups is 1. The van der Waals surface area contributed by atoms with Crippen molar-refractivity contribution >= 4 is 12.3 Å². The highest BCUT2D eigenvalue weighted by Gasteiger charge is 2.46. The first kappa shape index (κ1) is 20.3. The van der Waals surface area contributed by atoms with E-state index in [0.29, 0.717) is 5.92 Å². The van der Waals surface area contributed by atoms with Crippen molar-refractivity contribution in [3.63, 3.8) is 0 Å². The fraction of sp³-hybridized carbons (Fsp3) is 0.333. The second-order valence-electron chi connectivity index (χ2n) is 8.78. The summed E-state index contributed by atoms with van der Waals surface area (Å²) in [6, 6.07) is 12.2. The lowest BCUT2D eigenvalue weighted by atomic mass is 9.63. The normalized spacial score (nSPS) is 24.6. The highest BCUT2D eigenvalue weighted by molar-refractivity contribution is 5.79. The van der Waals surface area contributed by atoms with Gasteiger partial charge >= 0.3 is 0 Å². The van der Waals surface area contributed by atoms with E-state index in [1.54, 1.807) is 6.07 Å². The zero-order valence-corrected chi connectivity index (χ0v) is 18.3. The molecule has 1 heterocycles. The monoisotopic (exact) mass is 398 g/mol. The average molecular weight is 399 g/mol. The molecule has 30 heavy (non-hydrogen) atoms. The molecule has 0 fully saturated rings. The van der Waals surface area contributed by atoms with Crippen LogP contribution in [0, 0.1) is 5.92 Å². The van der Waals surface area contributed by atoms with Crippen LogP contribution < -0.4 is 5.56 Å². The fourth-order valence-corrected chi connectivity index (χ4v) is 5.00. The Labute approximate surface area is 179 Å². The second-order valence-corrected chi connectivity index (χ2v) is 8.78. The van der Waals surface area contributed by atoms with E-state index in [1.807, 2.05) is 18.4 Å². The molecule has 2 aliphatic rings. The second kappa shape index (κ2) is 8.06. The van der Waals surface area contributed by atoms with E-state index >= 15 is 0 Å². The first-order valence-electron chi connectivity index (χ1n) is 10.8. The van der Waals surface area contributed by atoms with Crippen LogP contribution in [-0.2, 0) is 12.0 Å². The van der Waals surface area contributed by atoms with Crippen LogP contribution in [-0.4, -0.2) is 11.2 Å². The van der Waals surface area contributed by atoms with Crippen LogP contribution in [0.5, 0.6) is 0 Å². The minimum atomic E-state index is -0.430. The maximum Gasteiger partial charge on any atom is 0.248 e. The van der Waals surface area contributed by atoms with Crippen molar-refractivity contribution in [3.8, 4) is 0 Å². The summed E-state index contributed by atoms with van der Waals surface area (Å²) in [5, 5.41) is 0. The molecule has 3 nitrogen and oxygen atoms in total. The van der Waals surface area contributed by atoms with Gasteiger partial charge in [0, 0.05) is 35.9 Å². The van der Waals surface area contributed by atoms with Crippen molar-refractivity contribution in [3.05, 3.63) is 98.5 Å². The molecule has 2 bridgehead atoms. The Kier molecular flexibility index (Phi) is 5.46. The molecule has 1 N–H and O–H groups in total. The van der Waals surface area contributed by atoms with Gasteiger partial charge in [-0.05, 0) is 55.0 Å². The van der Waals surface area contributed by atoms with Crippen LogP contribution in [0.2, 0.25) is 0 Å². The summed E-state index contributed by atoms with van der Waals surface area (Å²) in [5.74, 6) is 0.802.